The van der Waals surface area contributed by atoms with Gasteiger partial charge in [0, 0.05) is 6.42 Å². The maximum absolute atomic E-state index is 10.4. The summed E-state index contributed by atoms with van der Waals surface area (Å²) in [5.41, 5.74) is 5.02. The summed E-state index contributed by atoms with van der Waals surface area (Å²) in [6, 6.07) is 0. The lowest BCUT2D eigenvalue weighted by Gasteiger charge is -1.93. The Morgan fingerprint density at radius 1 is 1.64 bits per heavy atom. The number of carbonyl (C=O) groups is 1. The van der Waals surface area contributed by atoms with E-state index in [2.05, 4.69) is 6.58 Å². The van der Waals surface area contributed by atoms with Crippen LogP contribution in [0.15, 0.2) is 25.3 Å². The van der Waals surface area contributed by atoms with Crippen LogP contribution in [0.5, 0.6) is 0 Å². The monoisotopic (exact) mass is 215 g/mol. The maximum atomic E-state index is 10.4. The van der Waals surface area contributed by atoms with Crippen LogP contribution >= 0.6 is 0 Å². The van der Waals surface area contributed by atoms with Gasteiger partial charge in [-0.15, -0.1) is 0 Å². The summed E-state index contributed by atoms with van der Waals surface area (Å²) in [5.74, 6) is -0.247. The van der Waals surface area contributed by atoms with Gasteiger partial charge < -0.3 is 18.1 Å². The Balaban J connectivity index is 0.00000169. The summed E-state index contributed by atoms with van der Waals surface area (Å²) >= 11 is 0. The Morgan fingerprint density at radius 2 is 2.36 bits per heavy atom. The van der Waals surface area contributed by atoms with Crippen LogP contribution in [0, 0.1) is 0 Å². The van der Waals surface area contributed by atoms with Crippen molar-refractivity contribution in [3.8, 4) is 0 Å². The van der Waals surface area contributed by atoms with Gasteiger partial charge in [-0.3, -0.25) is 4.79 Å². The smallest absolute Gasteiger partial charge is 0.248 e. The van der Waals surface area contributed by atoms with Crippen molar-refractivity contribution in [2.45, 2.75) is 19.4 Å². The largest absolute Gasteiger partial charge is 1.00 e. The van der Waals surface area contributed by atoms with Crippen LogP contribution in [0.1, 0.15) is 12.8 Å². The van der Waals surface area contributed by atoms with Crippen molar-refractivity contribution in [1.29, 1.82) is 0 Å². The van der Waals surface area contributed by atoms with Crippen molar-refractivity contribution in [2.75, 3.05) is 0 Å². The van der Waals surface area contributed by atoms with E-state index in [-0.39, 0.29) is 18.3 Å². The fourth-order valence-electron chi connectivity index (χ4n) is 1.09. The van der Waals surface area contributed by atoms with Gasteiger partial charge in [-0.05, 0) is 6.42 Å². The van der Waals surface area contributed by atoms with Gasteiger partial charge in [0.05, 0.1) is 12.7 Å². The van der Waals surface area contributed by atoms with Gasteiger partial charge in [-0.2, -0.15) is 0 Å². The number of nitrogens with zero attached hydrogens (tertiary/aromatic N) is 2. The predicted molar refractivity (Wildman–Crippen MR) is 49.4 cm³/mol. The van der Waals surface area contributed by atoms with Crippen LogP contribution in [-0.4, -0.2) is 10.5 Å². The molecule has 0 aromatic carbocycles. The van der Waals surface area contributed by atoms with E-state index >= 15 is 0 Å². The highest BCUT2D eigenvalue weighted by Gasteiger charge is 2.01. The first-order valence-electron chi connectivity index (χ1n) is 4.20. The van der Waals surface area contributed by atoms with E-state index in [9.17, 15) is 4.79 Å². The highest BCUT2D eigenvalue weighted by Crippen LogP contribution is 1.89. The molecule has 0 bridgehead atoms. The van der Waals surface area contributed by atoms with Crippen molar-refractivity contribution < 1.29 is 21.8 Å². The average Bonchev–Trinajstić information content (AvgIpc) is 2.52. The molecule has 0 aliphatic heterocycles. The minimum Gasteiger partial charge on any atom is -1.00 e. The molecular formula is C9H14ClN3O. The standard InChI is InChI=1S/C9H13N3O.ClH/c1-2-11-6-7-12(8-11)5-3-4-9(10)13;/h2,6-8H,1,3-5H2,(H-,10,13);1H. The molecule has 0 atom stereocenters. The topological polar surface area (TPSA) is 51.9 Å². The van der Waals surface area contributed by atoms with Gasteiger partial charge in [0.2, 0.25) is 12.2 Å². The van der Waals surface area contributed by atoms with Gasteiger partial charge in [0.1, 0.15) is 12.4 Å². The second-order valence-electron chi connectivity index (χ2n) is 2.85. The molecule has 1 rings (SSSR count). The zero-order chi connectivity index (χ0) is 9.68. The second kappa shape index (κ2) is 6.21. The number of halogens is 1. The fraction of sp³-hybridized carbons (Fsp3) is 0.333. The number of rotatable bonds is 5. The van der Waals surface area contributed by atoms with Gasteiger partial charge in [0.25, 0.3) is 0 Å². The van der Waals surface area contributed by atoms with E-state index in [4.69, 9.17) is 5.73 Å². The van der Waals surface area contributed by atoms with Crippen molar-refractivity contribution in [3.05, 3.63) is 25.3 Å². The molecule has 0 radical (unpaired) electrons. The number of hydrogen-bond donors (Lipinski definition) is 1. The van der Waals surface area contributed by atoms with Gasteiger partial charge in [-0.25, -0.2) is 9.13 Å². The van der Waals surface area contributed by atoms with Crippen LogP contribution in [0.3, 0.4) is 0 Å². The van der Waals surface area contributed by atoms with Gasteiger partial charge in [0.15, 0.2) is 0 Å². The van der Waals surface area contributed by atoms with E-state index in [0.29, 0.717) is 6.42 Å². The highest BCUT2D eigenvalue weighted by molar-refractivity contribution is 5.73. The first-order valence-corrected chi connectivity index (χ1v) is 4.20. The molecule has 14 heavy (non-hydrogen) atoms. The molecule has 0 spiro atoms. The van der Waals surface area contributed by atoms with Crippen LogP contribution in [0.2, 0.25) is 0 Å². The Kier molecular flexibility index (Phi) is 5.64. The molecule has 4 nitrogen and oxygen atoms in total. The number of aryl methyl sites for hydroxylation is 1. The molecule has 1 aromatic rings. The zero-order valence-electron chi connectivity index (χ0n) is 7.90. The quantitative estimate of drug-likeness (QED) is 0.528. The van der Waals surface area contributed by atoms with Crippen LogP contribution in [0.25, 0.3) is 6.20 Å². The third-order valence-corrected chi connectivity index (χ3v) is 1.76. The number of imidazole rings is 1. The minimum atomic E-state index is -0.247. The summed E-state index contributed by atoms with van der Waals surface area (Å²) in [6.07, 6.45) is 8.67. The van der Waals surface area contributed by atoms with E-state index in [1.807, 2.05) is 27.9 Å². The molecule has 2 N–H and O–H groups in total. The second-order valence-corrected chi connectivity index (χ2v) is 2.85. The first kappa shape index (κ1) is 12.7. The van der Waals surface area contributed by atoms with Gasteiger partial charge >= 0.3 is 0 Å². The zero-order valence-corrected chi connectivity index (χ0v) is 8.65. The fourth-order valence-corrected chi connectivity index (χ4v) is 1.09. The number of aromatic nitrogens is 2. The first-order chi connectivity index (χ1) is 6.22. The summed E-state index contributed by atoms with van der Waals surface area (Å²) in [6.45, 7) is 4.44. The molecule has 0 unspecified atom stereocenters. The molecule has 0 saturated carbocycles. The molecule has 0 aliphatic carbocycles. The lowest BCUT2D eigenvalue weighted by molar-refractivity contribution is -0.696. The molecular weight excluding hydrogens is 202 g/mol. The summed E-state index contributed by atoms with van der Waals surface area (Å²) in [5, 5.41) is 0. The van der Waals surface area contributed by atoms with E-state index in [1.165, 1.54) is 0 Å². The summed E-state index contributed by atoms with van der Waals surface area (Å²) in [7, 11) is 0. The summed E-state index contributed by atoms with van der Waals surface area (Å²) < 4.78 is 3.84. The number of hydrogen-bond acceptors (Lipinski definition) is 1. The summed E-state index contributed by atoms with van der Waals surface area (Å²) in [4.78, 5) is 10.4. The Labute approximate surface area is 89.4 Å². The minimum absolute atomic E-state index is 0. The molecule has 0 fully saturated rings. The van der Waals surface area contributed by atoms with Crippen molar-refractivity contribution in [1.82, 2.24) is 4.57 Å². The van der Waals surface area contributed by atoms with E-state index < -0.39 is 0 Å². The lowest BCUT2D eigenvalue weighted by atomic mass is 10.3. The number of amides is 1. The number of primary amides is 1. The number of nitrogens with two attached hydrogens (primary N) is 1. The Bertz CT molecular complexity index is 309. The SMILES string of the molecule is C=Cn1cc[n+](CCCC(N)=O)c1.[Cl-]. The molecule has 0 aliphatic rings. The highest BCUT2D eigenvalue weighted by atomic mass is 35.5. The molecule has 0 saturated heterocycles. The Morgan fingerprint density at radius 3 is 2.86 bits per heavy atom. The number of carbonyl (C=O) groups excluding carboxylic acids is 1. The average molecular weight is 216 g/mol. The van der Waals surface area contributed by atoms with E-state index in [0.717, 1.165) is 13.0 Å². The molecule has 1 heterocycles. The predicted octanol–water partition coefficient (Wildman–Crippen LogP) is -2.85. The van der Waals surface area contributed by atoms with Gasteiger partial charge in [-0.1, -0.05) is 6.58 Å². The van der Waals surface area contributed by atoms with Crippen molar-refractivity contribution in [3.63, 3.8) is 0 Å². The molecule has 78 valence electrons. The molecule has 1 aromatic heterocycles. The Hall–Kier alpha value is -1.29. The lowest BCUT2D eigenvalue weighted by Crippen LogP contribution is -3.00. The third kappa shape index (κ3) is 4.09. The van der Waals surface area contributed by atoms with Crippen LogP contribution < -0.4 is 22.7 Å². The van der Waals surface area contributed by atoms with Crippen molar-refractivity contribution in [2.24, 2.45) is 5.73 Å². The molecule has 5 heteroatoms. The van der Waals surface area contributed by atoms with E-state index in [1.54, 1.807) is 6.20 Å². The van der Waals surface area contributed by atoms with Crippen molar-refractivity contribution >= 4 is 12.1 Å². The third-order valence-electron chi connectivity index (χ3n) is 1.76. The maximum Gasteiger partial charge on any atom is 0.248 e. The molecule has 1 amide bonds. The van der Waals surface area contributed by atoms with Crippen LogP contribution in [0.4, 0.5) is 0 Å². The van der Waals surface area contributed by atoms with Crippen LogP contribution in [-0.2, 0) is 11.3 Å². The normalized spacial score (nSPS) is 9.14.